The molecule has 1 aromatic heterocycles. The summed E-state index contributed by atoms with van der Waals surface area (Å²) in [7, 11) is 0. The van der Waals surface area contributed by atoms with E-state index < -0.39 is 11.6 Å². The van der Waals surface area contributed by atoms with Gasteiger partial charge in [-0.3, -0.25) is 9.59 Å². The summed E-state index contributed by atoms with van der Waals surface area (Å²) < 4.78 is 0. The molecule has 7 rings (SSSR count). The average molecular weight is 500 g/mol. The van der Waals surface area contributed by atoms with Crippen molar-refractivity contribution in [2.24, 2.45) is 23.7 Å². The van der Waals surface area contributed by atoms with E-state index in [1.165, 1.54) is 19.3 Å². The number of aliphatic hydroxyl groups is 1. The Morgan fingerprint density at radius 2 is 1.80 bits per heavy atom. The van der Waals surface area contributed by atoms with Crippen molar-refractivity contribution in [3.05, 3.63) is 17.7 Å². The highest BCUT2D eigenvalue weighted by atomic mass is 32.2. The molecule has 0 spiro atoms. The maximum Gasteiger partial charge on any atom is 0.308 e. The maximum atomic E-state index is 13.6. The minimum Gasteiger partial charge on any atom is -0.481 e. The third-order valence-electron chi connectivity index (χ3n) is 9.32. The molecule has 7 nitrogen and oxygen atoms in total. The summed E-state index contributed by atoms with van der Waals surface area (Å²) in [6.07, 6.45) is 11.4. The molecule has 5 saturated carbocycles. The largest absolute Gasteiger partial charge is 0.481 e. The summed E-state index contributed by atoms with van der Waals surface area (Å²) in [6, 6.07) is 3.94. The maximum absolute atomic E-state index is 13.6. The normalized spacial score (nSPS) is 36.5. The Morgan fingerprint density at radius 3 is 2.46 bits per heavy atom. The second-order valence-corrected chi connectivity index (χ2v) is 13.2. The van der Waals surface area contributed by atoms with Crippen LogP contribution in [0, 0.1) is 23.7 Å². The molecule has 6 aliphatic rings. The van der Waals surface area contributed by atoms with Gasteiger partial charge in [0.15, 0.2) is 0 Å². The summed E-state index contributed by atoms with van der Waals surface area (Å²) in [5, 5.41) is 25.0. The Balaban J connectivity index is 1.23. The second-order valence-electron chi connectivity index (χ2n) is 11.9. The van der Waals surface area contributed by atoms with Crippen molar-refractivity contribution >= 4 is 29.5 Å². The number of nitrogens with one attached hydrogen (secondary N) is 1. The average Bonchev–Trinajstić information content (AvgIpc) is 3.32. The molecule has 1 aromatic rings. The molecule has 35 heavy (non-hydrogen) atoms. The third-order valence-corrected chi connectivity index (χ3v) is 10.7. The lowest BCUT2D eigenvalue weighted by Gasteiger charge is -2.58. The van der Waals surface area contributed by atoms with Crippen molar-refractivity contribution in [2.75, 3.05) is 18.0 Å². The molecule has 1 amide bonds. The molecule has 1 aliphatic heterocycles. The number of pyridine rings is 1. The van der Waals surface area contributed by atoms with Crippen LogP contribution in [-0.2, 0) is 4.79 Å². The molecule has 6 fully saturated rings. The number of carbonyl (C=O) groups is 2. The second kappa shape index (κ2) is 9.25. The molecule has 0 aromatic carbocycles. The molecule has 190 valence electrons. The van der Waals surface area contributed by atoms with E-state index in [9.17, 15) is 19.8 Å². The van der Waals surface area contributed by atoms with Gasteiger partial charge in [0.05, 0.1) is 17.1 Å². The summed E-state index contributed by atoms with van der Waals surface area (Å²) in [6.45, 7) is 1.15. The van der Waals surface area contributed by atoms with E-state index in [-0.39, 0.29) is 17.9 Å². The first-order valence-corrected chi connectivity index (χ1v) is 14.4. The van der Waals surface area contributed by atoms with Crippen molar-refractivity contribution in [1.29, 1.82) is 0 Å². The summed E-state index contributed by atoms with van der Waals surface area (Å²) in [4.78, 5) is 32.1. The molecule has 3 atom stereocenters. The van der Waals surface area contributed by atoms with E-state index >= 15 is 0 Å². The van der Waals surface area contributed by atoms with Crippen LogP contribution in [-0.4, -0.2) is 57.1 Å². The van der Waals surface area contributed by atoms with Gasteiger partial charge in [0, 0.05) is 24.4 Å². The number of hydrogen-bond acceptors (Lipinski definition) is 6. The van der Waals surface area contributed by atoms with Crippen molar-refractivity contribution in [2.45, 2.75) is 92.5 Å². The van der Waals surface area contributed by atoms with Crippen LogP contribution in [0.3, 0.4) is 0 Å². The monoisotopic (exact) mass is 499 g/mol. The predicted octanol–water partition coefficient (Wildman–Crippen LogP) is 4.09. The molecule has 1 saturated heterocycles. The van der Waals surface area contributed by atoms with E-state index in [4.69, 9.17) is 4.98 Å². The number of aromatic nitrogens is 1. The molecule has 2 heterocycles. The van der Waals surface area contributed by atoms with Crippen LogP contribution in [0.1, 0.15) is 81.0 Å². The predicted molar refractivity (Wildman–Crippen MR) is 135 cm³/mol. The van der Waals surface area contributed by atoms with Crippen molar-refractivity contribution in [3.8, 4) is 0 Å². The molecule has 5 aliphatic carbocycles. The highest BCUT2D eigenvalue weighted by Gasteiger charge is 2.55. The van der Waals surface area contributed by atoms with E-state index in [1.807, 2.05) is 17.0 Å². The Morgan fingerprint density at radius 1 is 1.06 bits per heavy atom. The standard InChI is InChI=1S/C27H37N3O4S/c31-24(29-23-18-10-16-11-19(23)14-27(34,12-16)13-18)21-6-7-22(30-9-8-17(15-30)26(32)33)28-25(21)35-20-4-2-1-3-5-20/h6-7,16-20,23,34H,1-5,8-15H2,(H,29,31)(H,32,33)/t16?,17-,18?,19?,23-,27+/m1/s1. The lowest BCUT2D eigenvalue weighted by Crippen LogP contribution is -2.61. The van der Waals surface area contributed by atoms with E-state index in [0.29, 0.717) is 48.1 Å². The summed E-state index contributed by atoms with van der Waals surface area (Å²) >= 11 is 1.73. The third kappa shape index (κ3) is 4.68. The number of aliphatic carboxylic acids is 1. The van der Waals surface area contributed by atoms with Crippen LogP contribution in [0.15, 0.2) is 17.2 Å². The van der Waals surface area contributed by atoms with Gasteiger partial charge < -0.3 is 20.4 Å². The molecular weight excluding hydrogens is 462 g/mol. The quantitative estimate of drug-likeness (QED) is 0.542. The molecule has 4 bridgehead atoms. The summed E-state index contributed by atoms with van der Waals surface area (Å²) in [5.41, 5.74) is 0.137. The molecule has 2 unspecified atom stereocenters. The van der Waals surface area contributed by atoms with E-state index in [1.54, 1.807) is 11.8 Å². The van der Waals surface area contributed by atoms with E-state index in [0.717, 1.165) is 55.8 Å². The number of nitrogens with zero attached hydrogens (tertiary/aromatic N) is 2. The smallest absolute Gasteiger partial charge is 0.308 e. The molecular formula is C27H37N3O4S. The fraction of sp³-hybridized carbons (Fsp3) is 0.741. The number of anilines is 1. The van der Waals surface area contributed by atoms with Crippen molar-refractivity contribution < 1.29 is 19.8 Å². The van der Waals surface area contributed by atoms with Crippen LogP contribution < -0.4 is 10.2 Å². The Kier molecular flexibility index (Phi) is 6.24. The zero-order valence-corrected chi connectivity index (χ0v) is 21.1. The van der Waals surface area contributed by atoms with Crippen molar-refractivity contribution in [3.63, 3.8) is 0 Å². The SMILES string of the molecule is O=C(N[C@H]1C2CC3CC1C[C@@](O)(C3)C2)c1ccc(N2CC[C@@H](C(=O)O)C2)nc1SC1CCCCC1. The number of thioether (sulfide) groups is 1. The first-order valence-electron chi connectivity index (χ1n) is 13.6. The number of amides is 1. The van der Waals surface area contributed by atoms with Crippen LogP contribution in [0.25, 0.3) is 0 Å². The topological polar surface area (TPSA) is 103 Å². The first kappa shape index (κ1) is 23.6. The van der Waals surface area contributed by atoms with Crippen molar-refractivity contribution in [1.82, 2.24) is 10.3 Å². The van der Waals surface area contributed by atoms with Gasteiger partial charge in [0.25, 0.3) is 5.91 Å². The summed E-state index contributed by atoms with van der Waals surface area (Å²) in [5.74, 6) is 0.974. The Labute approximate surface area is 211 Å². The number of carbonyl (C=O) groups excluding carboxylic acids is 1. The Hall–Kier alpha value is -1.80. The van der Waals surface area contributed by atoms with E-state index in [2.05, 4.69) is 5.32 Å². The highest BCUT2D eigenvalue weighted by Crippen LogP contribution is 2.55. The lowest BCUT2D eigenvalue weighted by atomic mass is 9.52. The van der Waals surface area contributed by atoms with Gasteiger partial charge in [-0.15, -0.1) is 11.8 Å². The van der Waals surface area contributed by atoms with Gasteiger partial charge >= 0.3 is 5.97 Å². The zero-order valence-electron chi connectivity index (χ0n) is 20.3. The molecule has 3 N–H and O–H groups in total. The fourth-order valence-electron chi connectivity index (χ4n) is 7.83. The fourth-order valence-corrected chi connectivity index (χ4v) is 9.15. The zero-order chi connectivity index (χ0) is 24.2. The Bertz CT molecular complexity index is 981. The lowest BCUT2D eigenvalue weighted by molar-refractivity contribution is -0.141. The molecule has 0 radical (unpaired) electrons. The minimum absolute atomic E-state index is 0.0448. The van der Waals surface area contributed by atoms with Crippen LogP contribution in [0.5, 0.6) is 0 Å². The number of carboxylic acids is 1. The van der Waals surface area contributed by atoms with Gasteiger partial charge in [-0.2, -0.15) is 0 Å². The first-order chi connectivity index (χ1) is 16.9. The van der Waals surface area contributed by atoms with Gasteiger partial charge in [0.2, 0.25) is 0 Å². The number of carboxylic acid groups (broad SMARTS) is 1. The van der Waals surface area contributed by atoms with Gasteiger partial charge in [0.1, 0.15) is 10.8 Å². The van der Waals surface area contributed by atoms with Gasteiger partial charge in [-0.1, -0.05) is 19.3 Å². The van der Waals surface area contributed by atoms with Gasteiger partial charge in [-0.25, -0.2) is 4.98 Å². The number of rotatable bonds is 6. The highest BCUT2D eigenvalue weighted by molar-refractivity contribution is 7.99. The number of hydrogen-bond donors (Lipinski definition) is 3. The van der Waals surface area contributed by atoms with Crippen LogP contribution in [0.2, 0.25) is 0 Å². The van der Waals surface area contributed by atoms with Crippen LogP contribution >= 0.6 is 11.8 Å². The minimum atomic E-state index is -0.749. The molecule has 8 heteroatoms. The van der Waals surface area contributed by atoms with Crippen LogP contribution in [0.4, 0.5) is 5.82 Å². The van der Waals surface area contributed by atoms with Gasteiger partial charge in [-0.05, 0) is 81.3 Å².